The van der Waals surface area contributed by atoms with Gasteiger partial charge in [0.25, 0.3) is 0 Å². The lowest BCUT2D eigenvalue weighted by Gasteiger charge is -2.29. The third-order valence-corrected chi connectivity index (χ3v) is 6.20. The lowest BCUT2D eigenvalue weighted by atomic mass is 9.76. The number of hydrogen-bond donors (Lipinski definition) is 2. The smallest absolute Gasteiger partial charge is 0.307 e. The Morgan fingerprint density at radius 3 is 2.30 bits per heavy atom. The van der Waals surface area contributed by atoms with Crippen LogP contribution in [-0.4, -0.2) is 22.0 Å². The van der Waals surface area contributed by atoms with Crippen molar-refractivity contribution in [3.05, 3.63) is 45.3 Å². The van der Waals surface area contributed by atoms with E-state index in [-0.39, 0.29) is 5.91 Å². The molecule has 0 saturated carbocycles. The minimum atomic E-state index is -0.931. The van der Waals surface area contributed by atoms with Gasteiger partial charge in [-0.15, -0.1) is 11.3 Å². The zero-order valence-electron chi connectivity index (χ0n) is 15.4. The van der Waals surface area contributed by atoms with Crippen LogP contribution in [0, 0.1) is 18.8 Å². The summed E-state index contributed by atoms with van der Waals surface area (Å²) >= 11 is 7.31. The number of carbonyl (C=O) groups is 2. The first-order valence-corrected chi connectivity index (χ1v) is 9.88. The van der Waals surface area contributed by atoms with Crippen molar-refractivity contribution in [2.24, 2.45) is 11.8 Å². The molecule has 3 rings (SSSR count). The molecule has 0 fully saturated rings. The Labute approximate surface area is 167 Å². The number of carboxylic acid groups (broad SMARTS) is 1. The van der Waals surface area contributed by atoms with Gasteiger partial charge in [0, 0.05) is 15.5 Å². The highest BCUT2D eigenvalue weighted by Gasteiger charge is 2.37. The topological polar surface area (TPSA) is 79.3 Å². The standard InChI is InChI=1S/C20H21ClN2O3S/c1-10-8-15(16(19(25)26)9-11(10)2)18(24)23-20-22-17(12(3)27-20)13-4-6-14(21)7-5-13/h4-7,15-16H,8-9H2,1-3H3,(H,25,26)(H,22,23,24)/t15-,16-/m1/s1. The molecular formula is C20H21ClN2O3S. The minimum absolute atomic E-state index is 0.286. The highest BCUT2D eigenvalue weighted by Crippen LogP contribution is 2.36. The molecule has 1 heterocycles. The van der Waals surface area contributed by atoms with Crippen LogP contribution in [0.5, 0.6) is 0 Å². The van der Waals surface area contributed by atoms with E-state index >= 15 is 0 Å². The van der Waals surface area contributed by atoms with Crippen molar-refractivity contribution < 1.29 is 14.7 Å². The van der Waals surface area contributed by atoms with Crippen LogP contribution in [0.3, 0.4) is 0 Å². The zero-order valence-corrected chi connectivity index (χ0v) is 16.9. The van der Waals surface area contributed by atoms with Crippen LogP contribution < -0.4 is 5.32 Å². The number of anilines is 1. The minimum Gasteiger partial charge on any atom is -0.481 e. The molecule has 1 aromatic heterocycles. The van der Waals surface area contributed by atoms with Gasteiger partial charge in [0.2, 0.25) is 5.91 Å². The number of benzene rings is 1. The summed E-state index contributed by atoms with van der Waals surface area (Å²) < 4.78 is 0. The van der Waals surface area contributed by atoms with Gasteiger partial charge in [0.1, 0.15) is 0 Å². The molecular weight excluding hydrogens is 384 g/mol. The number of hydrogen-bond acceptors (Lipinski definition) is 4. The number of aromatic nitrogens is 1. The molecule has 27 heavy (non-hydrogen) atoms. The Bertz CT molecular complexity index is 918. The Hall–Kier alpha value is -2.18. The highest BCUT2D eigenvalue weighted by atomic mass is 35.5. The van der Waals surface area contributed by atoms with Gasteiger partial charge >= 0.3 is 5.97 Å². The van der Waals surface area contributed by atoms with E-state index in [0.29, 0.717) is 23.0 Å². The van der Waals surface area contributed by atoms with Crippen LogP contribution in [0.15, 0.2) is 35.4 Å². The number of nitrogens with one attached hydrogen (secondary N) is 1. The van der Waals surface area contributed by atoms with E-state index in [9.17, 15) is 14.7 Å². The van der Waals surface area contributed by atoms with Gasteiger partial charge in [-0.1, -0.05) is 34.9 Å². The molecule has 0 saturated heterocycles. The maximum atomic E-state index is 12.8. The van der Waals surface area contributed by atoms with Crippen molar-refractivity contribution in [1.82, 2.24) is 4.98 Å². The van der Waals surface area contributed by atoms with Gasteiger partial charge in [-0.05, 0) is 45.7 Å². The number of aryl methyl sites for hydroxylation is 1. The van der Waals surface area contributed by atoms with E-state index in [0.717, 1.165) is 27.3 Å². The summed E-state index contributed by atoms with van der Waals surface area (Å²) in [7, 11) is 0. The number of aliphatic carboxylic acids is 1. The van der Waals surface area contributed by atoms with Gasteiger partial charge in [-0.3, -0.25) is 9.59 Å². The number of nitrogens with zero attached hydrogens (tertiary/aromatic N) is 1. The maximum absolute atomic E-state index is 12.8. The Balaban J connectivity index is 1.81. The predicted octanol–water partition coefficient (Wildman–Crippen LogP) is 5.16. The second-order valence-electron chi connectivity index (χ2n) is 6.94. The number of thiazole rings is 1. The normalized spacial score (nSPS) is 19.9. The quantitative estimate of drug-likeness (QED) is 0.690. The Kier molecular flexibility index (Phi) is 5.67. The summed E-state index contributed by atoms with van der Waals surface area (Å²) in [6, 6.07) is 7.36. The number of halogens is 1. The molecule has 1 aliphatic carbocycles. The molecule has 5 nitrogen and oxygen atoms in total. The van der Waals surface area contributed by atoms with E-state index in [1.807, 2.05) is 32.9 Å². The zero-order chi connectivity index (χ0) is 19.7. The summed E-state index contributed by atoms with van der Waals surface area (Å²) in [6.45, 7) is 5.83. The summed E-state index contributed by atoms with van der Waals surface area (Å²) in [5.74, 6) is -2.51. The van der Waals surface area contributed by atoms with Crippen LogP contribution >= 0.6 is 22.9 Å². The van der Waals surface area contributed by atoms with Crippen LogP contribution in [0.2, 0.25) is 5.02 Å². The molecule has 2 aromatic rings. The third kappa shape index (κ3) is 4.22. The molecule has 0 unspecified atom stereocenters. The number of carboxylic acids is 1. The van der Waals surface area contributed by atoms with E-state index in [1.54, 1.807) is 12.1 Å². The summed E-state index contributed by atoms with van der Waals surface area (Å²) in [5, 5.41) is 13.5. The monoisotopic (exact) mass is 404 g/mol. The molecule has 0 aliphatic heterocycles. The fraction of sp³-hybridized carbons (Fsp3) is 0.350. The number of carbonyl (C=O) groups excluding carboxylic acids is 1. The molecule has 2 N–H and O–H groups in total. The van der Waals surface area contributed by atoms with Crippen LogP contribution in [0.1, 0.15) is 31.6 Å². The van der Waals surface area contributed by atoms with Crippen molar-refractivity contribution in [2.75, 3.05) is 5.32 Å². The molecule has 0 bridgehead atoms. The number of amides is 1. The number of allylic oxidation sites excluding steroid dienone is 2. The summed E-state index contributed by atoms with van der Waals surface area (Å²) in [6.07, 6.45) is 0.870. The fourth-order valence-corrected chi connectivity index (χ4v) is 4.32. The molecule has 1 aromatic carbocycles. The summed E-state index contributed by atoms with van der Waals surface area (Å²) in [4.78, 5) is 29.9. The van der Waals surface area contributed by atoms with Crippen LogP contribution in [0.25, 0.3) is 11.3 Å². The molecule has 1 amide bonds. The van der Waals surface area contributed by atoms with Crippen molar-refractivity contribution in [1.29, 1.82) is 0 Å². The van der Waals surface area contributed by atoms with E-state index < -0.39 is 17.8 Å². The molecule has 1 aliphatic rings. The molecule has 7 heteroatoms. The third-order valence-electron chi connectivity index (χ3n) is 5.06. The lowest BCUT2D eigenvalue weighted by Crippen LogP contribution is -2.36. The second kappa shape index (κ2) is 7.82. The van der Waals surface area contributed by atoms with Gasteiger partial charge in [0.15, 0.2) is 5.13 Å². The van der Waals surface area contributed by atoms with Crippen molar-refractivity contribution in [2.45, 2.75) is 33.6 Å². The summed E-state index contributed by atoms with van der Waals surface area (Å²) in [5.41, 5.74) is 3.85. The highest BCUT2D eigenvalue weighted by molar-refractivity contribution is 7.16. The van der Waals surface area contributed by atoms with Gasteiger partial charge in [0.05, 0.1) is 17.5 Å². The van der Waals surface area contributed by atoms with Gasteiger partial charge in [-0.2, -0.15) is 0 Å². The SMILES string of the molecule is CC1=C(C)C[C@@H](C(=O)Nc2nc(-c3ccc(Cl)cc3)c(C)s2)[C@H](C(=O)O)C1. The van der Waals surface area contributed by atoms with Crippen LogP contribution in [0.4, 0.5) is 5.13 Å². The van der Waals surface area contributed by atoms with Crippen molar-refractivity contribution in [3.8, 4) is 11.3 Å². The molecule has 142 valence electrons. The van der Waals surface area contributed by atoms with Crippen LogP contribution in [-0.2, 0) is 9.59 Å². The first-order chi connectivity index (χ1) is 12.8. The van der Waals surface area contributed by atoms with Crippen molar-refractivity contribution in [3.63, 3.8) is 0 Å². The van der Waals surface area contributed by atoms with E-state index in [1.165, 1.54) is 11.3 Å². The fourth-order valence-electron chi connectivity index (χ4n) is 3.35. The average molecular weight is 405 g/mol. The second-order valence-corrected chi connectivity index (χ2v) is 8.58. The van der Waals surface area contributed by atoms with Gasteiger partial charge in [-0.25, -0.2) is 4.98 Å². The largest absolute Gasteiger partial charge is 0.481 e. The van der Waals surface area contributed by atoms with E-state index in [2.05, 4.69) is 10.3 Å². The lowest BCUT2D eigenvalue weighted by molar-refractivity contribution is -0.146. The Morgan fingerprint density at radius 2 is 1.70 bits per heavy atom. The van der Waals surface area contributed by atoms with E-state index in [4.69, 9.17) is 11.6 Å². The maximum Gasteiger partial charge on any atom is 0.307 e. The van der Waals surface area contributed by atoms with Gasteiger partial charge < -0.3 is 10.4 Å². The Morgan fingerprint density at radius 1 is 1.11 bits per heavy atom. The predicted molar refractivity (Wildman–Crippen MR) is 108 cm³/mol. The first-order valence-electron chi connectivity index (χ1n) is 8.68. The van der Waals surface area contributed by atoms with Crippen molar-refractivity contribution >= 4 is 39.9 Å². The molecule has 0 spiro atoms. The number of rotatable bonds is 4. The molecule has 2 atom stereocenters. The molecule has 0 radical (unpaired) electrons. The first kappa shape index (κ1) is 19.6. The average Bonchev–Trinajstić information content (AvgIpc) is 2.97.